The number of aliphatic hydroxyl groups is 10. The maximum Gasteiger partial charge on any atom is 0.187 e. The van der Waals surface area contributed by atoms with Gasteiger partial charge in [0.05, 0.1) is 44.7 Å². The maximum absolute atomic E-state index is 11.5. The lowest BCUT2D eigenvalue weighted by molar-refractivity contribution is -0.392. The zero-order chi connectivity index (χ0) is 44.2. The molecule has 62 heavy (non-hydrogen) atoms. The summed E-state index contributed by atoms with van der Waals surface area (Å²) in [6.45, 7) is 7.96. The van der Waals surface area contributed by atoms with Crippen LogP contribution in [0.1, 0.15) is 85.5 Å². The third kappa shape index (κ3) is 7.55. The van der Waals surface area contributed by atoms with E-state index in [0.717, 1.165) is 38.5 Å². The zero-order valence-corrected chi connectivity index (χ0v) is 36.3. The third-order valence-electron chi connectivity index (χ3n) is 18.0. The van der Waals surface area contributed by atoms with Crippen LogP contribution in [0.2, 0.25) is 0 Å². The number of rotatable bonds is 8. The normalized spacial score (nSPS) is 58.9. The summed E-state index contributed by atoms with van der Waals surface area (Å²) in [7, 11) is 0. The molecule has 5 heterocycles. The molecule has 0 bridgehead atoms. The van der Waals surface area contributed by atoms with Crippen molar-refractivity contribution < 1.29 is 89.0 Å². The van der Waals surface area contributed by atoms with Gasteiger partial charge in [0.2, 0.25) is 0 Å². The van der Waals surface area contributed by atoms with Crippen molar-refractivity contribution in [3.63, 3.8) is 0 Å². The lowest BCUT2D eigenvalue weighted by atomic mass is 9.44. The molecule has 1 spiro atoms. The standard InChI is InChI=1S/C44H72O18/c1-18-16-56-44(13-25(18)47)19(2)30-27(62-44)12-24-22-6-5-20-11-21(7-9-42(20,3)23(22)8-10-43(24,30)4)57-41-38(61-40-36(54)34(52)32(50)28(14-45)58-40)37(33(51)29(15-46)59-41)60-39-35(53)31(49)26(48)17-55-39/h18-41,45-54H,5-17H2,1-4H3. The first-order chi connectivity index (χ1) is 29.4. The SMILES string of the molecule is CC1COC2(CC1O)OC1CC3C4CCC5CC(OC6OC(CO)C(O)C(OC7OCC(O)C(O)C7O)C6OC6OC(CO)C(O)C(O)C6O)CCC5(C)C4CCC3(C)C1C2C. The molecular formula is C44H72O18. The molecule has 10 N–H and O–H groups in total. The second-order valence-electron chi connectivity index (χ2n) is 21.2. The Labute approximate surface area is 362 Å². The van der Waals surface area contributed by atoms with Crippen LogP contribution in [0.4, 0.5) is 0 Å². The molecule has 9 aliphatic rings. The first kappa shape index (κ1) is 46.4. The molecule has 27 atom stereocenters. The summed E-state index contributed by atoms with van der Waals surface area (Å²) in [5.41, 5.74) is 0.171. The van der Waals surface area contributed by atoms with Gasteiger partial charge in [-0.05, 0) is 91.8 Å². The molecular weight excluding hydrogens is 816 g/mol. The highest BCUT2D eigenvalue weighted by Crippen LogP contribution is 2.71. The maximum atomic E-state index is 11.5. The van der Waals surface area contributed by atoms with Gasteiger partial charge < -0.3 is 89.0 Å². The molecule has 0 aromatic heterocycles. The lowest BCUT2D eigenvalue weighted by Gasteiger charge is -2.61. The van der Waals surface area contributed by atoms with Crippen molar-refractivity contribution in [2.24, 2.45) is 52.3 Å². The molecule has 9 fully saturated rings. The van der Waals surface area contributed by atoms with Crippen LogP contribution in [0.5, 0.6) is 0 Å². The van der Waals surface area contributed by atoms with Crippen molar-refractivity contribution in [1.82, 2.24) is 0 Å². The number of aliphatic hydroxyl groups excluding tert-OH is 10. The smallest absolute Gasteiger partial charge is 0.187 e. The van der Waals surface area contributed by atoms with E-state index in [0.29, 0.717) is 55.5 Å². The van der Waals surface area contributed by atoms with Gasteiger partial charge in [-0.15, -0.1) is 0 Å². The summed E-state index contributed by atoms with van der Waals surface area (Å²) in [6, 6.07) is 0. The number of hydrogen-bond donors (Lipinski definition) is 10. The third-order valence-corrected chi connectivity index (χ3v) is 18.0. The Morgan fingerprint density at radius 2 is 1.29 bits per heavy atom. The Balaban J connectivity index is 0.916. The van der Waals surface area contributed by atoms with Gasteiger partial charge in [0.1, 0.15) is 67.1 Å². The van der Waals surface area contributed by atoms with E-state index in [-0.39, 0.29) is 34.9 Å². The molecule has 5 saturated heterocycles. The van der Waals surface area contributed by atoms with E-state index in [1.165, 1.54) is 0 Å². The second kappa shape index (κ2) is 17.4. The van der Waals surface area contributed by atoms with Gasteiger partial charge in [-0.25, -0.2) is 0 Å². The van der Waals surface area contributed by atoms with E-state index in [1.807, 2.05) is 6.92 Å². The highest BCUT2D eigenvalue weighted by atomic mass is 16.8. The van der Waals surface area contributed by atoms with Gasteiger partial charge in [-0.1, -0.05) is 27.7 Å². The fourth-order valence-corrected chi connectivity index (χ4v) is 14.4. The Hall–Kier alpha value is -0.720. The molecule has 4 saturated carbocycles. The monoisotopic (exact) mass is 888 g/mol. The van der Waals surface area contributed by atoms with Crippen molar-refractivity contribution in [3.8, 4) is 0 Å². The zero-order valence-electron chi connectivity index (χ0n) is 36.3. The Bertz CT molecular complexity index is 1560. The van der Waals surface area contributed by atoms with Crippen molar-refractivity contribution in [2.75, 3.05) is 26.4 Å². The van der Waals surface area contributed by atoms with Crippen molar-refractivity contribution in [3.05, 3.63) is 0 Å². The Kier molecular flexibility index (Phi) is 13.0. The number of hydrogen-bond acceptors (Lipinski definition) is 18. The van der Waals surface area contributed by atoms with E-state index >= 15 is 0 Å². The Morgan fingerprint density at radius 1 is 0.613 bits per heavy atom. The van der Waals surface area contributed by atoms with Crippen molar-refractivity contribution >= 4 is 0 Å². The van der Waals surface area contributed by atoms with Gasteiger partial charge in [0.25, 0.3) is 0 Å². The number of fused-ring (bicyclic) bond motifs is 7. The van der Waals surface area contributed by atoms with Crippen molar-refractivity contribution in [2.45, 2.75) is 196 Å². The predicted molar refractivity (Wildman–Crippen MR) is 211 cm³/mol. The molecule has 0 radical (unpaired) electrons. The molecule has 356 valence electrons. The molecule has 0 amide bonds. The summed E-state index contributed by atoms with van der Waals surface area (Å²) in [6.07, 6.45) is -14.5. The van der Waals surface area contributed by atoms with Crippen LogP contribution in [0.3, 0.4) is 0 Å². The average Bonchev–Trinajstić information content (AvgIpc) is 3.69. The van der Waals surface area contributed by atoms with Crippen LogP contribution in [0.15, 0.2) is 0 Å². The van der Waals surface area contributed by atoms with Crippen LogP contribution < -0.4 is 0 Å². The van der Waals surface area contributed by atoms with Gasteiger partial charge in [0.15, 0.2) is 24.7 Å². The topological polar surface area (TPSA) is 276 Å². The van der Waals surface area contributed by atoms with E-state index in [1.54, 1.807) is 0 Å². The Morgan fingerprint density at radius 3 is 2.02 bits per heavy atom. The average molecular weight is 889 g/mol. The second-order valence-corrected chi connectivity index (χ2v) is 21.2. The molecule has 0 aromatic rings. The lowest BCUT2D eigenvalue weighted by Crippen LogP contribution is -2.67. The summed E-state index contributed by atoms with van der Waals surface area (Å²) in [4.78, 5) is 0. The summed E-state index contributed by atoms with van der Waals surface area (Å²) < 4.78 is 49.8. The number of ether oxygens (including phenoxy) is 8. The molecule has 27 unspecified atom stereocenters. The minimum absolute atomic E-state index is 0.0528. The minimum Gasteiger partial charge on any atom is -0.394 e. The highest BCUT2D eigenvalue weighted by Gasteiger charge is 2.70. The van der Waals surface area contributed by atoms with E-state index in [4.69, 9.17) is 37.9 Å². The van der Waals surface area contributed by atoms with Gasteiger partial charge in [-0.2, -0.15) is 0 Å². The first-order valence-electron chi connectivity index (χ1n) is 23.3. The highest BCUT2D eigenvalue weighted by molar-refractivity contribution is 5.16. The molecule has 18 heteroatoms. The molecule has 9 rings (SSSR count). The first-order valence-corrected chi connectivity index (χ1v) is 23.3. The fraction of sp³-hybridized carbons (Fsp3) is 1.00. The van der Waals surface area contributed by atoms with Crippen LogP contribution in [-0.4, -0.2) is 188 Å². The minimum atomic E-state index is -1.83. The molecule has 4 aliphatic carbocycles. The van der Waals surface area contributed by atoms with E-state index in [2.05, 4.69) is 20.8 Å². The predicted octanol–water partition coefficient (Wildman–Crippen LogP) is -1.12. The molecule has 0 aromatic carbocycles. The van der Waals surface area contributed by atoms with Crippen LogP contribution >= 0.6 is 0 Å². The van der Waals surface area contributed by atoms with Crippen LogP contribution in [0, 0.1) is 52.3 Å². The summed E-state index contributed by atoms with van der Waals surface area (Å²) in [5.74, 6) is 1.87. The van der Waals surface area contributed by atoms with Crippen LogP contribution in [-0.2, 0) is 37.9 Å². The van der Waals surface area contributed by atoms with Gasteiger partial charge >= 0.3 is 0 Å². The van der Waals surface area contributed by atoms with Crippen LogP contribution in [0.25, 0.3) is 0 Å². The van der Waals surface area contributed by atoms with Crippen molar-refractivity contribution in [1.29, 1.82) is 0 Å². The largest absolute Gasteiger partial charge is 0.394 e. The van der Waals surface area contributed by atoms with Gasteiger partial charge in [0, 0.05) is 18.3 Å². The van der Waals surface area contributed by atoms with E-state index in [9.17, 15) is 51.1 Å². The quantitative estimate of drug-likeness (QED) is 0.129. The van der Waals surface area contributed by atoms with Gasteiger partial charge in [-0.3, -0.25) is 0 Å². The van der Waals surface area contributed by atoms with E-state index < -0.39 is 118 Å². The molecule has 5 aliphatic heterocycles. The fourth-order valence-electron chi connectivity index (χ4n) is 14.4. The molecule has 18 nitrogen and oxygen atoms in total. The summed E-state index contributed by atoms with van der Waals surface area (Å²) in [5, 5.41) is 106. The summed E-state index contributed by atoms with van der Waals surface area (Å²) >= 11 is 0.